The quantitative estimate of drug-likeness (QED) is 0.644. The third-order valence-electron chi connectivity index (χ3n) is 2.95. The van der Waals surface area contributed by atoms with Crippen LogP contribution in [0.25, 0.3) is 0 Å². The fourth-order valence-corrected chi connectivity index (χ4v) is 1.76. The molecule has 5 heteroatoms. The van der Waals surface area contributed by atoms with Crippen molar-refractivity contribution in [1.82, 2.24) is 9.80 Å². The van der Waals surface area contributed by atoms with Gasteiger partial charge in [0.1, 0.15) is 0 Å². The molecule has 0 bridgehead atoms. The maximum absolute atomic E-state index is 12.1. The van der Waals surface area contributed by atoms with Crippen LogP contribution in [0.5, 0.6) is 0 Å². The third-order valence-corrected chi connectivity index (χ3v) is 2.95. The number of carbonyl (C=O) groups excluding carboxylic acids is 1. The number of aliphatic carboxylic acids is 1. The van der Waals surface area contributed by atoms with E-state index in [2.05, 4.69) is 6.58 Å². The van der Waals surface area contributed by atoms with Crippen molar-refractivity contribution in [3.05, 3.63) is 12.2 Å². The second-order valence-electron chi connectivity index (χ2n) is 4.93. The highest BCUT2D eigenvalue weighted by molar-refractivity contribution is 5.78. The predicted octanol–water partition coefficient (Wildman–Crippen LogP) is 1.45. The lowest BCUT2D eigenvalue weighted by atomic mass is 10.1. The Morgan fingerprint density at radius 1 is 1.21 bits per heavy atom. The minimum absolute atomic E-state index is 0.0185. The van der Waals surface area contributed by atoms with Gasteiger partial charge in [-0.1, -0.05) is 26.0 Å². The van der Waals surface area contributed by atoms with Crippen LogP contribution in [0.2, 0.25) is 0 Å². The molecule has 0 rings (SSSR count). The number of hydrogen-bond acceptors (Lipinski definition) is 3. The standard InChI is InChI=1S/C14H26N2O3/c1-6-15(9-12(5)14(18)19)10-13(17)16(7-2)8-11(3)4/h12H,3,6-10H2,1-2,4-5H3,(H,18,19). The summed E-state index contributed by atoms with van der Waals surface area (Å²) in [5.74, 6) is -1.28. The van der Waals surface area contributed by atoms with Gasteiger partial charge in [-0.2, -0.15) is 0 Å². The van der Waals surface area contributed by atoms with E-state index >= 15 is 0 Å². The Kier molecular flexibility index (Phi) is 8.07. The summed E-state index contributed by atoms with van der Waals surface area (Å²) in [6.45, 7) is 13.7. The van der Waals surface area contributed by atoms with E-state index in [1.165, 1.54) is 0 Å². The molecule has 0 saturated heterocycles. The Hall–Kier alpha value is -1.36. The fourth-order valence-electron chi connectivity index (χ4n) is 1.76. The summed E-state index contributed by atoms with van der Waals surface area (Å²) in [4.78, 5) is 26.6. The molecule has 1 amide bonds. The highest BCUT2D eigenvalue weighted by atomic mass is 16.4. The lowest BCUT2D eigenvalue weighted by Gasteiger charge is -2.27. The first-order chi connectivity index (χ1) is 8.81. The van der Waals surface area contributed by atoms with Crippen LogP contribution in [-0.4, -0.2) is 59.5 Å². The van der Waals surface area contributed by atoms with Crippen molar-refractivity contribution in [2.45, 2.75) is 27.7 Å². The number of nitrogens with zero attached hydrogens (tertiary/aromatic N) is 2. The largest absolute Gasteiger partial charge is 0.481 e. The molecule has 0 aromatic carbocycles. The van der Waals surface area contributed by atoms with Gasteiger partial charge in [-0.3, -0.25) is 14.5 Å². The molecule has 0 fully saturated rings. The molecule has 0 aliphatic rings. The van der Waals surface area contributed by atoms with Crippen molar-refractivity contribution < 1.29 is 14.7 Å². The van der Waals surface area contributed by atoms with Crippen molar-refractivity contribution >= 4 is 11.9 Å². The summed E-state index contributed by atoms with van der Waals surface area (Å²) in [6.07, 6.45) is 0. The van der Waals surface area contributed by atoms with Crippen LogP contribution in [0, 0.1) is 5.92 Å². The Morgan fingerprint density at radius 3 is 2.16 bits per heavy atom. The van der Waals surface area contributed by atoms with Crippen LogP contribution in [0.3, 0.4) is 0 Å². The van der Waals surface area contributed by atoms with E-state index in [4.69, 9.17) is 5.11 Å². The number of amides is 1. The molecule has 0 aliphatic heterocycles. The molecule has 0 saturated carbocycles. The van der Waals surface area contributed by atoms with Gasteiger partial charge in [0, 0.05) is 19.6 Å². The number of rotatable bonds is 9. The predicted molar refractivity (Wildman–Crippen MR) is 76.0 cm³/mol. The summed E-state index contributed by atoms with van der Waals surface area (Å²) in [5, 5.41) is 8.90. The maximum atomic E-state index is 12.1. The second kappa shape index (κ2) is 8.69. The van der Waals surface area contributed by atoms with E-state index in [0.717, 1.165) is 5.57 Å². The molecule has 5 nitrogen and oxygen atoms in total. The van der Waals surface area contributed by atoms with E-state index in [0.29, 0.717) is 26.2 Å². The van der Waals surface area contributed by atoms with Crippen molar-refractivity contribution in [2.24, 2.45) is 5.92 Å². The monoisotopic (exact) mass is 270 g/mol. The molecule has 1 unspecified atom stereocenters. The Bertz CT molecular complexity index is 329. The smallest absolute Gasteiger partial charge is 0.307 e. The molecule has 0 aromatic heterocycles. The van der Waals surface area contributed by atoms with Gasteiger partial charge in [0.15, 0.2) is 0 Å². The van der Waals surface area contributed by atoms with Gasteiger partial charge in [0.2, 0.25) is 5.91 Å². The Morgan fingerprint density at radius 2 is 1.79 bits per heavy atom. The number of carboxylic acids is 1. The zero-order chi connectivity index (χ0) is 15.0. The molecule has 110 valence electrons. The number of carbonyl (C=O) groups is 2. The van der Waals surface area contributed by atoms with Gasteiger partial charge in [-0.15, -0.1) is 0 Å². The molecule has 19 heavy (non-hydrogen) atoms. The fraction of sp³-hybridized carbons (Fsp3) is 0.714. The first kappa shape index (κ1) is 17.6. The minimum Gasteiger partial charge on any atom is -0.481 e. The van der Waals surface area contributed by atoms with Crippen molar-refractivity contribution in [3.63, 3.8) is 0 Å². The summed E-state index contributed by atoms with van der Waals surface area (Å²) in [6, 6.07) is 0. The number of carboxylic acid groups (broad SMARTS) is 1. The minimum atomic E-state index is -0.833. The Balaban J connectivity index is 4.47. The van der Waals surface area contributed by atoms with Crippen LogP contribution >= 0.6 is 0 Å². The zero-order valence-electron chi connectivity index (χ0n) is 12.5. The molecular weight excluding hydrogens is 244 g/mol. The highest BCUT2D eigenvalue weighted by Gasteiger charge is 2.19. The van der Waals surface area contributed by atoms with Gasteiger partial charge in [-0.05, 0) is 20.4 Å². The third kappa shape index (κ3) is 6.96. The first-order valence-corrected chi connectivity index (χ1v) is 6.69. The molecule has 0 spiro atoms. The van der Waals surface area contributed by atoms with Gasteiger partial charge < -0.3 is 10.0 Å². The summed E-state index contributed by atoms with van der Waals surface area (Å²) < 4.78 is 0. The van der Waals surface area contributed by atoms with E-state index in [9.17, 15) is 9.59 Å². The average molecular weight is 270 g/mol. The molecule has 0 aliphatic carbocycles. The van der Waals surface area contributed by atoms with Gasteiger partial charge >= 0.3 is 5.97 Å². The maximum Gasteiger partial charge on any atom is 0.307 e. The lowest BCUT2D eigenvalue weighted by Crippen LogP contribution is -2.43. The summed E-state index contributed by atoms with van der Waals surface area (Å²) >= 11 is 0. The SMILES string of the molecule is C=C(C)CN(CC)C(=O)CN(CC)CC(C)C(=O)O. The van der Waals surface area contributed by atoms with Crippen LogP contribution in [-0.2, 0) is 9.59 Å². The van der Waals surface area contributed by atoms with Crippen molar-refractivity contribution in [2.75, 3.05) is 32.7 Å². The van der Waals surface area contributed by atoms with Crippen molar-refractivity contribution in [3.8, 4) is 0 Å². The van der Waals surface area contributed by atoms with Crippen LogP contribution in [0.4, 0.5) is 0 Å². The van der Waals surface area contributed by atoms with E-state index < -0.39 is 11.9 Å². The topological polar surface area (TPSA) is 60.9 Å². The summed E-state index contributed by atoms with van der Waals surface area (Å²) in [7, 11) is 0. The first-order valence-electron chi connectivity index (χ1n) is 6.69. The highest BCUT2D eigenvalue weighted by Crippen LogP contribution is 2.03. The zero-order valence-corrected chi connectivity index (χ0v) is 12.5. The Labute approximate surface area is 115 Å². The van der Waals surface area contributed by atoms with Crippen molar-refractivity contribution in [1.29, 1.82) is 0 Å². The molecule has 0 radical (unpaired) electrons. The number of likely N-dealkylation sites (N-methyl/N-ethyl adjacent to an activating group) is 2. The molecule has 0 aromatic rings. The normalized spacial score (nSPS) is 12.3. The van der Waals surface area contributed by atoms with Gasteiger partial charge in [-0.25, -0.2) is 0 Å². The van der Waals surface area contributed by atoms with E-state index in [1.807, 2.05) is 25.7 Å². The van der Waals surface area contributed by atoms with E-state index in [-0.39, 0.29) is 12.5 Å². The van der Waals surface area contributed by atoms with Crippen LogP contribution < -0.4 is 0 Å². The molecule has 1 atom stereocenters. The van der Waals surface area contributed by atoms with Crippen LogP contribution in [0.1, 0.15) is 27.7 Å². The average Bonchev–Trinajstić information content (AvgIpc) is 2.34. The molecular formula is C14H26N2O3. The van der Waals surface area contributed by atoms with Gasteiger partial charge in [0.25, 0.3) is 0 Å². The molecule has 1 N–H and O–H groups in total. The number of hydrogen-bond donors (Lipinski definition) is 1. The molecule has 0 heterocycles. The summed E-state index contributed by atoms with van der Waals surface area (Å²) in [5.41, 5.74) is 0.942. The van der Waals surface area contributed by atoms with E-state index in [1.54, 1.807) is 11.8 Å². The second-order valence-corrected chi connectivity index (χ2v) is 4.93. The lowest BCUT2D eigenvalue weighted by molar-refractivity contribution is -0.142. The van der Waals surface area contributed by atoms with Crippen LogP contribution in [0.15, 0.2) is 12.2 Å². The van der Waals surface area contributed by atoms with Gasteiger partial charge in [0.05, 0.1) is 12.5 Å².